The number of aliphatic hydroxyl groups excluding tert-OH is 3. The molecule has 3 N–H and O–H groups in total. The Balaban J connectivity index is 1.60. The highest BCUT2D eigenvalue weighted by molar-refractivity contribution is 6.31. The molecule has 1 heterocycles. The zero-order chi connectivity index (χ0) is 22.9. The van der Waals surface area contributed by atoms with E-state index < -0.39 is 24.4 Å². The maximum atomic E-state index is 10.1. The summed E-state index contributed by atoms with van der Waals surface area (Å²) in [6.45, 7) is 2.75. The molecule has 6 nitrogen and oxygen atoms in total. The molecule has 0 bridgehead atoms. The van der Waals surface area contributed by atoms with Gasteiger partial charge in [-0.1, -0.05) is 41.8 Å². The lowest BCUT2D eigenvalue weighted by molar-refractivity contribution is -0.181. The predicted molar refractivity (Wildman–Crippen MR) is 122 cm³/mol. The number of ether oxygens (including phenoxy) is 3. The van der Waals surface area contributed by atoms with Gasteiger partial charge in [0.1, 0.15) is 31.2 Å². The van der Waals surface area contributed by atoms with E-state index in [9.17, 15) is 15.3 Å². The van der Waals surface area contributed by atoms with Crippen LogP contribution in [0.1, 0.15) is 36.1 Å². The van der Waals surface area contributed by atoms with E-state index in [1.165, 1.54) is 0 Å². The fourth-order valence-electron chi connectivity index (χ4n) is 3.59. The van der Waals surface area contributed by atoms with E-state index in [1.54, 1.807) is 13.0 Å². The lowest BCUT2D eigenvalue weighted by Gasteiger charge is -2.36. The molecular weight excluding hydrogens is 432 g/mol. The molecule has 2 aromatic carbocycles. The first kappa shape index (κ1) is 24.5. The zero-order valence-corrected chi connectivity index (χ0v) is 18.8. The third-order valence-electron chi connectivity index (χ3n) is 5.36. The van der Waals surface area contributed by atoms with Gasteiger partial charge in [-0.25, -0.2) is 0 Å². The zero-order valence-electron chi connectivity index (χ0n) is 18.0. The fraction of sp³-hybridized carbons (Fsp3) is 0.440. The maximum Gasteiger partial charge on any atom is 0.119 e. The van der Waals surface area contributed by atoms with Crippen molar-refractivity contribution in [3.63, 3.8) is 0 Å². The third kappa shape index (κ3) is 6.69. The van der Waals surface area contributed by atoms with Crippen LogP contribution in [0, 0.1) is 11.8 Å². The molecule has 0 saturated carbocycles. The standard InChI is InChI=1S/C25H29ClO6/c1-2-3-10-30-11-12-31-20-7-4-17(5-8-20)13-19-14-18(6-9-21(19)26)23-15-22(28)25(29)24(16-27)32-23/h4-9,14,22-25,27-29H,10-13,15-16H2,1H3/t22?,23-,24?,25-/m0/s1. The van der Waals surface area contributed by atoms with Gasteiger partial charge in [-0.05, 0) is 48.2 Å². The molecule has 0 aliphatic carbocycles. The Labute approximate surface area is 193 Å². The second-order valence-corrected chi connectivity index (χ2v) is 8.05. The summed E-state index contributed by atoms with van der Waals surface area (Å²) in [6, 6.07) is 13.4. The number of rotatable bonds is 9. The summed E-state index contributed by atoms with van der Waals surface area (Å²) in [5.74, 6) is 6.37. The lowest BCUT2D eigenvalue weighted by Crippen LogP contribution is -2.47. The second kappa shape index (κ2) is 12.2. The van der Waals surface area contributed by atoms with Crippen molar-refractivity contribution in [2.24, 2.45) is 0 Å². The van der Waals surface area contributed by atoms with Crippen LogP contribution in [0.5, 0.6) is 5.75 Å². The van der Waals surface area contributed by atoms with Gasteiger partial charge in [0, 0.05) is 11.4 Å². The van der Waals surface area contributed by atoms with Gasteiger partial charge in [-0.15, -0.1) is 5.92 Å². The number of hydrogen-bond donors (Lipinski definition) is 3. The van der Waals surface area contributed by atoms with Crippen LogP contribution in [0.25, 0.3) is 0 Å². The normalized spacial score (nSPS) is 22.8. The minimum atomic E-state index is -1.10. The number of hydrogen-bond acceptors (Lipinski definition) is 6. The van der Waals surface area contributed by atoms with Gasteiger partial charge in [0.2, 0.25) is 0 Å². The second-order valence-electron chi connectivity index (χ2n) is 7.64. The Morgan fingerprint density at radius 2 is 1.91 bits per heavy atom. The first-order valence-electron chi connectivity index (χ1n) is 10.6. The molecule has 1 fully saturated rings. The first-order valence-corrected chi connectivity index (χ1v) is 11.0. The van der Waals surface area contributed by atoms with E-state index in [-0.39, 0.29) is 13.0 Å². The molecular formula is C25H29ClO6. The Kier molecular flexibility index (Phi) is 9.36. The topological polar surface area (TPSA) is 88.4 Å². The van der Waals surface area contributed by atoms with E-state index in [0.29, 0.717) is 31.3 Å². The summed E-state index contributed by atoms with van der Waals surface area (Å²) in [4.78, 5) is 0. The monoisotopic (exact) mass is 460 g/mol. The molecule has 2 aromatic rings. The Hall–Kier alpha value is -2.11. The summed E-state index contributed by atoms with van der Waals surface area (Å²) in [7, 11) is 0. The van der Waals surface area contributed by atoms with Crippen molar-refractivity contribution >= 4 is 11.6 Å². The average molecular weight is 461 g/mol. The third-order valence-corrected chi connectivity index (χ3v) is 5.73. The minimum Gasteiger partial charge on any atom is -0.491 e. The van der Waals surface area contributed by atoms with Crippen molar-refractivity contribution in [3.05, 3.63) is 64.2 Å². The minimum absolute atomic E-state index is 0.250. The molecule has 4 atom stereocenters. The van der Waals surface area contributed by atoms with Crippen LogP contribution >= 0.6 is 11.6 Å². The Morgan fingerprint density at radius 3 is 2.62 bits per heavy atom. The van der Waals surface area contributed by atoms with Crippen LogP contribution in [0.2, 0.25) is 5.02 Å². The van der Waals surface area contributed by atoms with Crippen molar-refractivity contribution in [2.75, 3.05) is 26.4 Å². The lowest BCUT2D eigenvalue weighted by atomic mass is 9.92. The van der Waals surface area contributed by atoms with Crippen molar-refractivity contribution in [2.45, 2.75) is 44.2 Å². The number of benzene rings is 2. The Bertz CT molecular complexity index is 920. The van der Waals surface area contributed by atoms with Crippen molar-refractivity contribution in [1.29, 1.82) is 0 Å². The largest absolute Gasteiger partial charge is 0.491 e. The highest BCUT2D eigenvalue weighted by atomic mass is 35.5. The smallest absolute Gasteiger partial charge is 0.119 e. The Morgan fingerprint density at radius 1 is 1.12 bits per heavy atom. The van der Waals surface area contributed by atoms with Gasteiger partial charge in [-0.3, -0.25) is 0 Å². The van der Waals surface area contributed by atoms with Gasteiger partial charge in [0.25, 0.3) is 0 Å². The molecule has 32 heavy (non-hydrogen) atoms. The van der Waals surface area contributed by atoms with Crippen LogP contribution in [0.15, 0.2) is 42.5 Å². The van der Waals surface area contributed by atoms with Gasteiger partial charge >= 0.3 is 0 Å². The van der Waals surface area contributed by atoms with Crippen LogP contribution in [-0.4, -0.2) is 60.1 Å². The highest BCUT2D eigenvalue weighted by Gasteiger charge is 2.37. The molecule has 172 valence electrons. The van der Waals surface area contributed by atoms with E-state index >= 15 is 0 Å². The number of aliphatic hydroxyl groups is 3. The highest BCUT2D eigenvalue weighted by Crippen LogP contribution is 2.34. The summed E-state index contributed by atoms with van der Waals surface area (Å²) < 4.78 is 16.8. The molecule has 0 radical (unpaired) electrons. The summed E-state index contributed by atoms with van der Waals surface area (Å²) >= 11 is 6.43. The van der Waals surface area contributed by atoms with Crippen molar-refractivity contribution < 1.29 is 29.5 Å². The molecule has 0 spiro atoms. The van der Waals surface area contributed by atoms with Crippen LogP contribution in [0.3, 0.4) is 0 Å². The van der Waals surface area contributed by atoms with Gasteiger partial charge in [0.15, 0.2) is 0 Å². The van der Waals surface area contributed by atoms with Crippen LogP contribution in [0.4, 0.5) is 0 Å². The summed E-state index contributed by atoms with van der Waals surface area (Å²) in [6.07, 6.45) is -2.43. The number of halogens is 1. The van der Waals surface area contributed by atoms with Crippen molar-refractivity contribution in [1.82, 2.24) is 0 Å². The molecule has 7 heteroatoms. The van der Waals surface area contributed by atoms with Crippen LogP contribution in [-0.2, 0) is 15.9 Å². The maximum absolute atomic E-state index is 10.1. The molecule has 1 saturated heterocycles. The van der Waals surface area contributed by atoms with Gasteiger partial charge < -0.3 is 29.5 Å². The summed E-state index contributed by atoms with van der Waals surface area (Å²) in [5.41, 5.74) is 2.84. The first-order chi connectivity index (χ1) is 15.5. The van der Waals surface area contributed by atoms with E-state index in [2.05, 4.69) is 11.8 Å². The van der Waals surface area contributed by atoms with E-state index in [0.717, 1.165) is 22.4 Å². The molecule has 3 rings (SSSR count). The quantitative estimate of drug-likeness (QED) is 0.394. The predicted octanol–water partition coefficient (Wildman–Crippen LogP) is 2.89. The molecule has 0 aromatic heterocycles. The van der Waals surface area contributed by atoms with Gasteiger partial charge in [0.05, 0.1) is 25.4 Å². The van der Waals surface area contributed by atoms with E-state index in [4.69, 9.17) is 25.8 Å². The average Bonchev–Trinajstić information content (AvgIpc) is 2.80. The fourth-order valence-corrected chi connectivity index (χ4v) is 3.77. The van der Waals surface area contributed by atoms with E-state index in [1.807, 2.05) is 36.4 Å². The molecule has 1 aliphatic heterocycles. The molecule has 0 amide bonds. The molecule has 2 unspecified atom stereocenters. The SMILES string of the molecule is CC#CCOCCOc1ccc(Cc2cc([C@@H]3CC(O)[C@H](O)C(CO)O3)ccc2Cl)cc1. The summed E-state index contributed by atoms with van der Waals surface area (Å²) in [5, 5.41) is 30.1. The molecule has 1 aliphatic rings. The van der Waals surface area contributed by atoms with Crippen molar-refractivity contribution in [3.8, 4) is 17.6 Å². The van der Waals surface area contributed by atoms with Crippen LogP contribution < -0.4 is 4.74 Å². The van der Waals surface area contributed by atoms with Gasteiger partial charge in [-0.2, -0.15) is 0 Å².